The maximum atomic E-state index is 12.3. The van der Waals surface area contributed by atoms with Crippen LogP contribution < -0.4 is 5.32 Å². The monoisotopic (exact) mass is 611 g/mol. The molecule has 5 heteroatoms. The standard InChI is InChI=1S/C39H65NO4/c1-3-5-7-9-11-12-13-14-18-21-25-29-33-38(43)37(35-41)40-39(44)34-30-26-22-19-16-15-17-20-24-28-32-36(42)31-27-23-10-8-6-4-2/h6,8,15-16,20,22-24,26-29,32-33,36-38,41-43H,3-5,7,9-14,17-19,21,25,30-31,34-35H2,1-2H3,(H,40,44)/b8-6-,16-15-,24-20-,26-22-,27-23-,32-28+,33-29+/t36?,37-,38+/m0/s1. The van der Waals surface area contributed by atoms with Gasteiger partial charge in [-0.25, -0.2) is 0 Å². The second-order valence-electron chi connectivity index (χ2n) is 11.4. The highest BCUT2D eigenvalue weighted by Crippen LogP contribution is 2.11. The van der Waals surface area contributed by atoms with Crippen molar-refractivity contribution in [2.75, 3.05) is 6.61 Å². The molecule has 3 atom stereocenters. The summed E-state index contributed by atoms with van der Waals surface area (Å²) in [5.41, 5.74) is 0. The second-order valence-corrected chi connectivity index (χ2v) is 11.4. The van der Waals surface area contributed by atoms with E-state index in [0.29, 0.717) is 19.3 Å². The molecule has 0 spiro atoms. The Kier molecular flexibility index (Phi) is 31.5. The molecule has 0 aromatic rings. The van der Waals surface area contributed by atoms with Gasteiger partial charge >= 0.3 is 0 Å². The van der Waals surface area contributed by atoms with Gasteiger partial charge in [-0.1, -0.05) is 157 Å². The molecule has 0 aliphatic rings. The highest BCUT2D eigenvalue weighted by Gasteiger charge is 2.17. The number of carbonyl (C=O) groups excluding carboxylic acids is 1. The fourth-order valence-electron chi connectivity index (χ4n) is 4.52. The lowest BCUT2D eigenvalue weighted by molar-refractivity contribution is -0.122. The summed E-state index contributed by atoms with van der Waals surface area (Å²) < 4.78 is 0. The summed E-state index contributed by atoms with van der Waals surface area (Å²) in [6, 6.07) is -0.681. The average Bonchev–Trinajstić information content (AvgIpc) is 3.02. The van der Waals surface area contributed by atoms with E-state index in [2.05, 4.69) is 49.5 Å². The smallest absolute Gasteiger partial charge is 0.220 e. The van der Waals surface area contributed by atoms with Crippen LogP contribution in [0.1, 0.15) is 129 Å². The predicted octanol–water partition coefficient (Wildman–Crippen LogP) is 9.14. The van der Waals surface area contributed by atoms with Crippen LogP contribution in [0.2, 0.25) is 0 Å². The number of hydrogen-bond acceptors (Lipinski definition) is 4. The highest BCUT2D eigenvalue weighted by molar-refractivity contribution is 5.76. The SMILES string of the molecule is CC/C=C\C/C=C\CC(O)/C=C/C=C\C/C=C\C/C=C\CCC(=O)N[C@@H](CO)[C@H](O)/C=C/CCCCCCCCCCCC. The van der Waals surface area contributed by atoms with Crippen LogP contribution >= 0.6 is 0 Å². The Hall–Kier alpha value is -2.47. The van der Waals surface area contributed by atoms with Crippen LogP contribution in [-0.4, -0.2) is 46.1 Å². The molecule has 44 heavy (non-hydrogen) atoms. The maximum absolute atomic E-state index is 12.3. The molecular weight excluding hydrogens is 546 g/mol. The molecule has 5 nitrogen and oxygen atoms in total. The lowest BCUT2D eigenvalue weighted by Crippen LogP contribution is -2.45. The number of aliphatic hydroxyl groups excluding tert-OH is 3. The third kappa shape index (κ3) is 29.6. The summed E-state index contributed by atoms with van der Waals surface area (Å²) in [5.74, 6) is -0.171. The van der Waals surface area contributed by atoms with Crippen molar-refractivity contribution >= 4 is 5.91 Å². The lowest BCUT2D eigenvalue weighted by Gasteiger charge is -2.19. The summed E-state index contributed by atoms with van der Waals surface area (Å²) in [7, 11) is 0. The molecule has 0 fully saturated rings. The molecule has 0 aromatic heterocycles. The van der Waals surface area contributed by atoms with Crippen molar-refractivity contribution in [1.29, 1.82) is 0 Å². The van der Waals surface area contributed by atoms with E-state index in [4.69, 9.17) is 0 Å². The normalized spacial score (nSPS) is 14.9. The summed E-state index contributed by atoms with van der Waals surface area (Å²) >= 11 is 0. The molecular formula is C39H65NO4. The van der Waals surface area contributed by atoms with E-state index < -0.39 is 18.2 Å². The summed E-state index contributed by atoms with van der Waals surface area (Å²) in [6.45, 7) is 4.07. The Labute approximate surface area is 270 Å². The molecule has 0 saturated carbocycles. The molecule has 4 N–H and O–H groups in total. The van der Waals surface area contributed by atoms with Crippen molar-refractivity contribution in [3.05, 3.63) is 85.1 Å². The number of hydrogen-bond donors (Lipinski definition) is 4. The van der Waals surface area contributed by atoms with Crippen LogP contribution in [-0.2, 0) is 4.79 Å². The first-order valence-electron chi connectivity index (χ1n) is 17.4. The Morgan fingerprint density at radius 1 is 0.636 bits per heavy atom. The van der Waals surface area contributed by atoms with Gasteiger partial charge in [0.05, 0.1) is 24.9 Å². The quantitative estimate of drug-likeness (QED) is 0.0386. The molecule has 0 saturated heterocycles. The largest absolute Gasteiger partial charge is 0.394 e. The van der Waals surface area contributed by atoms with E-state index in [-0.39, 0.29) is 12.5 Å². The molecule has 1 unspecified atom stereocenters. The molecule has 1 amide bonds. The van der Waals surface area contributed by atoms with Gasteiger partial charge in [0, 0.05) is 6.42 Å². The van der Waals surface area contributed by atoms with Crippen molar-refractivity contribution in [2.45, 2.75) is 148 Å². The van der Waals surface area contributed by atoms with Crippen molar-refractivity contribution < 1.29 is 20.1 Å². The molecule has 0 bridgehead atoms. The van der Waals surface area contributed by atoms with Crippen molar-refractivity contribution in [3.63, 3.8) is 0 Å². The molecule has 0 aliphatic heterocycles. The zero-order valence-corrected chi connectivity index (χ0v) is 28.0. The topological polar surface area (TPSA) is 89.8 Å². The summed E-state index contributed by atoms with van der Waals surface area (Å²) in [5, 5.41) is 32.7. The van der Waals surface area contributed by atoms with Crippen molar-refractivity contribution in [1.82, 2.24) is 5.32 Å². The Morgan fingerprint density at radius 2 is 1.23 bits per heavy atom. The van der Waals surface area contributed by atoms with Gasteiger partial charge < -0.3 is 20.6 Å². The van der Waals surface area contributed by atoms with Crippen LogP contribution in [0.15, 0.2) is 85.1 Å². The molecule has 0 radical (unpaired) electrons. The van der Waals surface area contributed by atoms with E-state index in [1.165, 1.54) is 57.8 Å². The van der Waals surface area contributed by atoms with Crippen LogP contribution in [0.5, 0.6) is 0 Å². The van der Waals surface area contributed by atoms with Gasteiger partial charge in [0.1, 0.15) is 0 Å². The van der Waals surface area contributed by atoms with E-state index >= 15 is 0 Å². The minimum absolute atomic E-state index is 0.171. The first-order valence-corrected chi connectivity index (χ1v) is 17.4. The lowest BCUT2D eigenvalue weighted by atomic mass is 10.1. The summed E-state index contributed by atoms with van der Waals surface area (Å²) in [6.07, 6.45) is 45.5. The average molecular weight is 612 g/mol. The first kappa shape index (κ1) is 41.5. The van der Waals surface area contributed by atoms with Gasteiger partial charge in [-0.05, 0) is 51.4 Å². The van der Waals surface area contributed by atoms with E-state index in [1.54, 1.807) is 12.2 Å². The predicted molar refractivity (Wildman–Crippen MR) is 189 cm³/mol. The zero-order chi connectivity index (χ0) is 32.4. The number of carbonyl (C=O) groups is 1. The number of rotatable bonds is 29. The van der Waals surface area contributed by atoms with Gasteiger partial charge in [-0.3, -0.25) is 4.79 Å². The number of allylic oxidation sites excluding steroid dienone is 11. The van der Waals surface area contributed by atoms with Crippen molar-refractivity contribution in [2.24, 2.45) is 0 Å². The summed E-state index contributed by atoms with van der Waals surface area (Å²) in [4.78, 5) is 12.3. The Balaban J connectivity index is 3.93. The van der Waals surface area contributed by atoms with E-state index in [0.717, 1.165) is 38.5 Å². The van der Waals surface area contributed by atoms with Crippen LogP contribution in [0.3, 0.4) is 0 Å². The molecule has 0 aliphatic carbocycles. The highest BCUT2D eigenvalue weighted by atomic mass is 16.3. The fraction of sp³-hybridized carbons (Fsp3) is 0.615. The fourth-order valence-corrected chi connectivity index (χ4v) is 4.52. The van der Waals surface area contributed by atoms with Gasteiger partial charge in [0.2, 0.25) is 5.91 Å². The molecule has 0 rings (SSSR count). The maximum Gasteiger partial charge on any atom is 0.220 e. The van der Waals surface area contributed by atoms with Gasteiger partial charge in [-0.15, -0.1) is 0 Å². The van der Waals surface area contributed by atoms with E-state index in [1.807, 2.05) is 42.5 Å². The second kappa shape index (κ2) is 33.4. The van der Waals surface area contributed by atoms with Gasteiger partial charge in [-0.2, -0.15) is 0 Å². The van der Waals surface area contributed by atoms with Crippen LogP contribution in [0.25, 0.3) is 0 Å². The third-order valence-electron chi connectivity index (χ3n) is 7.23. The van der Waals surface area contributed by atoms with Gasteiger partial charge in [0.15, 0.2) is 0 Å². The minimum atomic E-state index is -0.887. The van der Waals surface area contributed by atoms with Crippen LogP contribution in [0.4, 0.5) is 0 Å². The minimum Gasteiger partial charge on any atom is -0.394 e. The number of unbranched alkanes of at least 4 members (excludes halogenated alkanes) is 10. The zero-order valence-electron chi connectivity index (χ0n) is 28.0. The number of amides is 1. The number of aliphatic hydroxyl groups is 3. The molecule has 250 valence electrons. The van der Waals surface area contributed by atoms with E-state index in [9.17, 15) is 20.1 Å². The molecule has 0 heterocycles. The first-order chi connectivity index (χ1) is 21.5. The van der Waals surface area contributed by atoms with Crippen LogP contribution in [0, 0.1) is 0 Å². The van der Waals surface area contributed by atoms with Gasteiger partial charge in [0.25, 0.3) is 0 Å². The van der Waals surface area contributed by atoms with Crippen molar-refractivity contribution in [3.8, 4) is 0 Å². The third-order valence-corrected chi connectivity index (χ3v) is 7.23. The Morgan fingerprint density at radius 3 is 1.89 bits per heavy atom. The molecule has 0 aromatic carbocycles. The Bertz CT molecular complexity index is 852. The number of nitrogens with one attached hydrogen (secondary N) is 1.